The molecule has 34 heavy (non-hydrogen) atoms. The van der Waals surface area contributed by atoms with Crippen LogP contribution in [0.25, 0.3) is 0 Å². The van der Waals surface area contributed by atoms with E-state index >= 15 is 0 Å². The van der Waals surface area contributed by atoms with Gasteiger partial charge in [-0.2, -0.15) is 0 Å². The lowest BCUT2D eigenvalue weighted by atomic mass is 9.31. The fraction of sp³-hybridized carbons (Fsp3) is 0.625. The lowest BCUT2D eigenvalue weighted by molar-refractivity contribution is -0.176. The van der Waals surface area contributed by atoms with E-state index in [9.17, 15) is 10.2 Å². The molecule has 6 rings (SSSR count). The highest BCUT2D eigenvalue weighted by atomic mass is 16.3. The van der Waals surface area contributed by atoms with Crippen LogP contribution in [0.1, 0.15) is 99.6 Å². The second kappa shape index (κ2) is 7.28. The second-order valence-corrected chi connectivity index (χ2v) is 13.6. The van der Waals surface area contributed by atoms with Gasteiger partial charge in [-0.15, -0.1) is 0 Å². The van der Waals surface area contributed by atoms with E-state index in [1.165, 1.54) is 49.7 Å². The summed E-state index contributed by atoms with van der Waals surface area (Å²) in [6.45, 7) is 18.1. The van der Waals surface area contributed by atoms with Gasteiger partial charge in [0.1, 0.15) is 11.5 Å². The zero-order chi connectivity index (χ0) is 24.8. The lowest BCUT2D eigenvalue weighted by Crippen LogP contribution is -2.66. The van der Waals surface area contributed by atoms with Crippen molar-refractivity contribution in [3.8, 4) is 11.5 Å². The Bertz CT molecular complexity index is 1000. The van der Waals surface area contributed by atoms with E-state index in [2.05, 4.69) is 79.7 Å². The molecule has 0 radical (unpaired) electrons. The summed E-state index contributed by atoms with van der Waals surface area (Å²) in [6.07, 6.45) is 7.55. The molecule has 2 aromatic carbocycles. The molecule has 0 unspecified atom stereocenters. The van der Waals surface area contributed by atoms with Crippen molar-refractivity contribution in [1.29, 1.82) is 0 Å². The van der Waals surface area contributed by atoms with Crippen LogP contribution in [0.4, 0.5) is 0 Å². The second-order valence-electron chi connectivity index (χ2n) is 13.6. The van der Waals surface area contributed by atoms with Gasteiger partial charge in [-0.1, -0.05) is 52.0 Å². The Labute approximate surface area is 206 Å². The Kier molecular flexibility index (Phi) is 5.09. The van der Waals surface area contributed by atoms with Gasteiger partial charge >= 0.3 is 0 Å². The molecule has 4 aliphatic rings. The topological polar surface area (TPSA) is 40.5 Å². The van der Waals surface area contributed by atoms with E-state index < -0.39 is 0 Å². The number of hydrogen-bond donors (Lipinski definition) is 2. The third-order valence-electron chi connectivity index (χ3n) is 10.8. The number of hydrogen-bond acceptors (Lipinski definition) is 2. The predicted octanol–water partition coefficient (Wildman–Crippen LogP) is 8.17. The van der Waals surface area contributed by atoms with Crippen LogP contribution in [0.3, 0.4) is 0 Å². The molecule has 0 saturated heterocycles. The van der Waals surface area contributed by atoms with Gasteiger partial charge in [-0.05, 0) is 133 Å². The maximum atomic E-state index is 10.6. The van der Waals surface area contributed by atoms with Crippen LogP contribution in [0.2, 0.25) is 0 Å². The van der Waals surface area contributed by atoms with Gasteiger partial charge in [0.15, 0.2) is 0 Å². The van der Waals surface area contributed by atoms with E-state index in [-0.39, 0.29) is 10.8 Å². The maximum Gasteiger partial charge on any atom is 0.121 e. The average Bonchev–Trinajstić information content (AvgIpc) is 2.74. The third-order valence-corrected chi connectivity index (χ3v) is 10.8. The fourth-order valence-corrected chi connectivity index (χ4v) is 9.16. The van der Waals surface area contributed by atoms with Gasteiger partial charge in [0.25, 0.3) is 0 Å². The molecule has 4 aliphatic carbocycles. The summed E-state index contributed by atoms with van der Waals surface area (Å²) >= 11 is 0. The molecular weight excluding hydrogens is 416 g/mol. The first kappa shape index (κ1) is 23.8. The summed E-state index contributed by atoms with van der Waals surface area (Å²) < 4.78 is 0. The fourth-order valence-electron chi connectivity index (χ4n) is 9.16. The van der Waals surface area contributed by atoms with Crippen molar-refractivity contribution in [2.75, 3.05) is 0 Å². The zero-order valence-electron chi connectivity index (χ0n) is 22.6. The minimum Gasteiger partial charge on any atom is -0.507 e. The smallest absolute Gasteiger partial charge is 0.121 e. The largest absolute Gasteiger partial charge is 0.507 e. The van der Waals surface area contributed by atoms with Gasteiger partial charge in [0, 0.05) is 0 Å². The highest BCUT2D eigenvalue weighted by Crippen LogP contribution is 2.77. The van der Waals surface area contributed by atoms with Gasteiger partial charge in [0.05, 0.1) is 0 Å². The molecule has 0 aromatic heterocycles. The SMILES string of the molecule is Cc1cc(C23CC4(c5cc(C)c(O)c(C)c5)CC(C(C)C)(C2)CC(C(C)C)(C3)C4)cc(C)c1O. The quantitative estimate of drug-likeness (QED) is 0.483. The van der Waals surface area contributed by atoms with E-state index in [0.29, 0.717) is 34.2 Å². The molecule has 0 heterocycles. The first-order valence-corrected chi connectivity index (χ1v) is 13.4. The van der Waals surface area contributed by atoms with Gasteiger partial charge in [0.2, 0.25) is 0 Å². The summed E-state index contributed by atoms with van der Waals surface area (Å²) in [5, 5.41) is 21.2. The molecule has 2 heteroatoms. The van der Waals surface area contributed by atoms with Gasteiger partial charge in [-0.25, -0.2) is 0 Å². The molecule has 0 atom stereocenters. The van der Waals surface area contributed by atoms with Crippen LogP contribution in [0, 0.1) is 50.4 Å². The highest BCUT2D eigenvalue weighted by Gasteiger charge is 2.69. The number of phenolic OH excluding ortho intramolecular Hbond substituents is 2. The Morgan fingerprint density at radius 2 is 0.824 bits per heavy atom. The van der Waals surface area contributed by atoms with Crippen LogP contribution >= 0.6 is 0 Å². The molecular formula is C32H44O2. The summed E-state index contributed by atoms with van der Waals surface area (Å²) in [7, 11) is 0. The molecule has 4 bridgehead atoms. The van der Waals surface area contributed by atoms with Crippen molar-refractivity contribution in [2.45, 2.75) is 105 Å². The summed E-state index contributed by atoms with van der Waals surface area (Å²) in [5.41, 5.74) is 7.83. The van der Waals surface area contributed by atoms with E-state index in [4.69, 9.17) is 0 Å². The normalized spacial score (nSPS) is 34.4. The number of benzene rings is 2. The molecule has 184 valence electrons. The van der Waals surface area contributed by atoms with Gasteiger partial charge < -0.3 is 10.2 Å². The van der Waals surface area contributed by atoms with Crippen LogP contribution < -0.4 is 0 Å². The van der Waals surface area contributed by atoms with Gasteiger partial charge in [-0.3, -0.25) is 0 Å². The molecule has 0 aliphatic heterocycles. The Morgan fingerprint density at radius 3 is 1.09 bits per heavy atom. The van der Waals surface area contributed by atoms with Crippen LogP contribution in [-0.2, 0) is 10.8 Å². The van der Waals surface area contributed by atoms with Crippen molar-refractivity contribution in [3.05, 3.63) is 57.6 Å². The van der Waals surface area contributed by atoms with Crippen molar-refractivity contribution in [3.63, 3.8) is 0 Å². The monoisotopic (exact) mass is 460 g/mol. The van der Waals surface area contributed by atoms with Crippen LogP contribution in [-0.4, -0.2) is 10.2 Å². The first-order valence-electron chi connectivity index (χ1n) is 13.4. The first-order chi connectivity index (χ1) is 15.8. The van der Waals surface area contributed by atoms with Crippen LogP contribution in [0.5, 0.6) is 11.5 Å². The van der Waals surface area contributed by atoms with E-state index in [0.717, 1.165) is 22.3 Å². The highest BCUT2D eigenvalue weighted by molar-refractivity contribution is 5.50. The van der Waals surface area contributed by atoms with Crippen molar-refractivity contribution in [2.24, 2.45) is 22.7 Å². The Balaban J connectivity index is 1.79. The van der Waals surface area contributed by atoms with E-state index in [1.807, 2.05) is 0 Å². The molecule has 4 fully saturated rings. The van der Waals surface area contributed by atoms with Crippen LogP contribution in [0.15, 0.2) is 24.3 Å². The summed E-state index contributed by atoms with van der Waals surface area (Å²) in [6, 6.07) is 9.22. The lowest BCUT2D eigenvalue weighted by Gasteiger charge is -2.73. The number of rotatable bonds is 4. The molecule has 2 nitrogen and oxygen atoms in total. The summed E-state index contributed by atoms with van der Waals surface area (Å²) in [4.78, 5) is 0. The number of phenols is 2. The number of aryl methyl sites for hydroxylation is 4. The average molecular weight is 461 g/mol. The molecule has 4 saturated carbocycles. The molecule has 2 aromatic rings. The Morgan fingerprint density at radius 1 is 0.529 bits per heavy atom. The minimum atomic E-state index is 0.131. The summed E-state index contributed by atoms with van der Waals surface area (Å²) in [5.74, 6) is 2.16. The number of aromatic hydroxyl groups is 2. The standard InChI is InChI=1S/C32H44O2/c1-19(2)29-13-30(20(3)4)16-31(14-29,25-9-21(5)27(33)22(6)10-25)18-32(15-29,17-30)26-11-23(7)28(34)24(8)12-26/h9-12,19-20,33-34H,13-18H2,1-8H3. The zero-order valence-corrected chi connectivity index (χ0v) is 22.6. The molecule has 0 spiro atoms. The van der Waals surface area contributed by atoms with Crippen molar-refractivity contribution in [1.82, 2.24) is 0 Å². The predicted molar refractivity (Wildman–Crippen MR) is 141 cm³/mol. The molecule has 0 amide bonds. The maximum absolute atomic E-state index is 10.6. The third kappa shape index (κ3) is 3.12. The van der Waals surface area contributed by atoms with Crippen molar-refractivity contribution < 1.29 is 10.2 Å². The molecule has 2 N–H and O–H groups in total. The Hall–Kier alpha value is -1.96. The van der Waals surface area contributed by atoms with Crippen molar-refractivity contribution >= 4 is 0 Å². The minimum absolute atomic E-state index is 0.131. The van der Waals surface area contributed by atoms with E-state index in [1.54, 1.807) is 0 Å².